The summed E-state index contributed by atoms with van der Waals surface area (Å²) in [7, 11) is 0. The first-order valence-electron chi connectivity index (χ1n) is 3.35. The van der Waals surface area contributed by atoms with Gasteiger partial charge in [0.2, 0.25) is 0 Å². The molecule has 0 radical (unpaired) electrons. The molecule has 0 aromatic heterocycles. The van der Waals surface area contributed by atoms with E-state index in [-0.39, 0.29) is 26.9 Å². The Balaban J connectivity index is 0.000000605. The smallest absolute Gasteiger partial charge is 0.126 e. The average Bonchev–Trinajstić information content (AvgIpc) is 2.05. The van der Waals surface area contributed by atoms with Crippen molar-refractivity contribution in [1.82, 2.24) is 0 Å². The standard InChI is InChI=1S/C9H8O.CH3.Zn/c1-2-6-9-8(4-1)5-3-7-10-9;;/h1-6H,7H2;1H3;/q;-1;. The van der Waals surface area contributed by atoms with Gasteiger partial charge in [-0.05, 0) is 12.1 Å². The van der Waals surface area contributed by atoms with Gasteiger partial charge in [-0.2, -0.15) is 0 Å². The summed E-state index contributed by atoms with van der Waals surface area (Å²) in [5, 5.41) is 0. The molecular weight excluding hydrogens is 201 g/mol. The Morgan fingerprint density at radius 2 is 1.92 bits per heavy atom. The molecule has 0 aliphatic carbocycles. The number of para-hydroxylation sites is 1. The average molecular weight is 213 g/mol. The molecule has 1 aliphatic rings. The second kappa shape index (κ2) is 5.10. The van der Waals surface area contributed by atoms with Gasteiger partial charge in [0.25, 0.3) is 0 Å². The van der Waals surface area contributed by atoms with Crippen LogP contribution in [0.25, 0.3) is 6.08 Å². The molecule has 2 heteroatoms. The summed E-state index contributed by atoms with van der Waals surface area (Å²) >= 11 is 0. The van der Waals surface area contributed by atoms with E-state index in [1.807, 2.05) is 30.3 Å². The van der Waals surface area contributed by atoms with Gasteiger partial charge in [0.15, 0.2) is 0 Å². The Hall–Kier alpha value is -0.617. The van der Waals surface area contributed by atoms with E-state index >= 15 is 0 Å². The third kappa shape index (κ3) is 2.18. The maximum absolute atomic E-state index is 5.34. The minimum Gasteiger partial charge on any atom is -0.489 e. The van der Waals surface area contributed by atoms with Gasteiger partial charge in [0.1, 0.15) is 12.4 Å². The summed E-state index contributed by atoms with van der Waals surface area (Å²) in [6.45, 7) is 0.705. The van der Waals surface area contributed by atoms with Crippen LogP contribution in [0, 0.1) is 7.43 Å². The minimum absolute atomic E-state index is 0. The van der Waals surface area contributed by atoms with Crippen LogP contribution in [0.5, 0.6) is 5.75 Å². The van der Waals surface area contributed by atoms with Gasteiger partial charge < -0.3 is 12.2 Å². The third-order valence-corrected chi connectivity index (χ3v) is 1.55. The Kier molecular flexibility index (Phi) is 4.84. The molecule has 0 saturated carbocycles. The van der Waals surface area contributed by atoms with Gasteiger partial charge in [0.05, 0.1) is 0 Å². The van der Waals surface area contributed by atoms with Crippen LogP contribution < -0.4 is 4.74 Å². The molecule has 2 rings (SSSR count). The fraction of sp³-hybridized carbons (Fsp3) is 0.100. The predicted molar refractivity (Wildman–Crippen MR) is 47.4 cm³/mol. The second-order valence-corrected chi connectivity index (χ2v) is 2.25. The van der Waals surface area contributed by atoms with E-state index in [4.69, 9.17) is 4.74 Å². The van der Waals surface area contributed by atoms with Gasteiger partial charge in [0, 0.05) is 25.0 Å². The summed E-state index contributed by atoms with van der Waals surface area (Å²) in [5.41, 5.74) is 1.17. The van der Waals surface area contributed by atoms with Gasteiger partial charge in [-0.15, -0.1) is 0 Å². The summed E-state index contributed by atoms with van der Waals surface area (Å²) < 4.78 is 5.34. The number of benzene rings is 1. The molecule has 0 fully saturated rings. The fourth-order valence-electron chi connectivity index (χ4n) is 1.06. The largest absolute Gasteiger partial charge is 0.489 e. The number of ether oxygens (including phenoxy) is 1. The van der Waals surface area contributed by atoms with E-state index in [0.29, 0.717) is 6.61 Å². The molecule has 0 amide bonds. The topological polar surface area (TPSA) is 9.23 Å². The summed E-state index contributed by atoms with van der Waals surface area (Å²) in [6.07, 6.45) is 4.10. The quantitative estimate of drug-likeness (QED) is 0.474. The van der Waals surface area contributed by atoms with E-state index < -0.39 is 0 Å². The second-order valence-electron chi connectivity index (χ2n) is 2.25. The van der Waals surface area contributed by atoms with Crippen molar-refractivity contribution in [1.29, 1.82) is 0 Å². The zero-order valence-electron chi connectivity index (χ0n) is 7.29. The van der Waals surface area contributed by atoms with Gasteiger partial charge >= 0.3 is 0 Å². The molecule has 1 aliphatic heterocycles. The molecule has 1 aromatic carbocycles. The van der Waals surface area contributed by atoms with Crippen molar-refractivity contribution >= 4 is 6.08 Å². The summed E-state index contributed by atoms with van der Waals surface area (Å²) in [5.74, 6) is 0.991. The van der Waals surface area contributed by atoms with Crippen LogP contribution in [0.2, 0.25) is 0 Å². The molecular formula is C10H11OZn-. The van der Waals surface area contributed by atoms with Crippen LogP contribution in [0.15, 0.2) is 30.3 Å². The van der Waals surface area contributed by atoms with Crippen LogP contribution in [-0.4, -0.2) is 6.61 Å². The molecule has 0 bridgehead atoms. The van der Waals surface area contributed by atoms with Gasteiger partial charge in [-0.25, -0.2) is 0 Å². The van der Waals surface area contributed by atoms with E-state index in [0.717, 1.165) is 5.75 Å². The summed E-state index contributed by atoms with van der Waals surface area (Å²) in [4.78, 5) is 0. The van der Waals surface area contributed by atoms with Gasteiger partial charge in [-0.1, -0.05) is 24.3 Å². The first-order valence-corrected chi connectivity index (χ1v) is 3.35. The van der Waals surface area contributed by atoms with Crippen molar-refractivity contribution in [2.45, 2.75) is 0 Å². The van der Waals surface area contributed by atoms with Crippen LogP contribution in [0.3, 0.4) is 0 Å². The van der Waals surface area contributed by atoms with Crippen LogP contribution in [0.1, 0.15) is 5.56 Å². The van der Waals surface area contributed by atoms with Gasteiger partial charge in [-0.3, -0.25) is 0 Å². The third-order valence-electron chi connectivity index (χ3n) is 1.55. The van der Waals surface area contributed by atoms with Crippen molar-refractivity contribution < 1.29 is 24.2 Å². The van der Waals surface area contributed by atoms with Crippen molar-refractivity contribution in [2.24, 2.45) is 0 Å². The van der Waals surface area contributed by atoms with Crippen molar-refractivity contribution in [3.63, 3.8) is 0 Å². The van der Waals surface area contributed by atoms with E-state index in [1.165, 1.54) is 5.56 Å². The zero-order chi connectivity index (χ0) is 6.81. The summed E-state index contributed by atoms with van der Waals surface area (Å²) in [6, 6.07) is 8.03. The van der Waals surface area contributed by atoms with E-state index in [9.17, 15) is 0 Å². The first kappa shape index (κ1) is 11.4. The molecule has 0 spiro atoms. The van der Waals surface area contributed by atoms with Crippen molar-refractivity contribution in [3.05, 3.63) is 43.3 Å². The molecule has 0 N–H and O–H groups in total. The van der Waals surface area contributed by atoms with Crippen LogP contribution in [0.4, 0.5) is 0 Å². The number of fused-ring (bicyclic) bond motifs is 1. The molecule has 1 nitrogen and oxygen atoms in total. The minimum atomic E-state index is 0. The van der Waals surface area contributed by atoms with Crippen LogP contribution >= 0.6 is 0 Å². The van der Waals surface area contributed by atoms with Crippen LogP contribution in [-0.2, 0) is 19.5 Å². The molecule has 0 unspecified atom stereocenters. The molecule has 60 valence electrons. The number of hydrogen-bond acceptors (Lipinski definition) is 1. The normalized spacial score (nSPS) is 11.7. The Morgan fingerprint density at radius 3 is 2.67 bits per heavy atom. The Bertz CT molecular complexity index is 268. The molecule has 0 atom stereocenters. The maximum atomic E-state index is 5.34. The molecule has 12 heavy (non-hydrogen) atoms. The van der Waals surface area contributed by atoms with E-state index in [2.05, 4.69) is 6.08 Å². The molecule has 1 heterocycles. The van der Waals surface area contributed by atoms with Crippen molar-refractivity contribution in [3.8, 4) is 5.75 Å². The maximum Gasteiger partial charge on any atom is 0.126 e. The zero-order valence-corrected chi connectivity index (χ0v) is 10.3. The number of rotatable bonds is 0. The fourth-order valence-corrected chi connectivity index (χ4v) is 1.06. The molecule has 0 saturated heterocycles. The Morgan fingerprint density at radius 1 is 1.17 bits per heavy atom. The SMILES string of the molecule is C1=Cc2ccccc2OC1.[CH3-].[Zn]. The predicted octanol–water partition coefficient (Wildman–Crippen LogP) is 2.54. The van der Waals surface area contributed by atoms with Crippen molar-refractivity contribution in [2.75, 3.05) is 6.61 Å². The monoisotopic (exact) mass is 211 g/mol. The first-order chi connectivity index (χ1) is 4.97. The van der Waals surface area contributed by atoms with E-state index in [1.54, 1.807) is 0 Å². The molecule has 1 aromatic rings. The Labute approximate surface area is 86.2 Å². The number of hydrogen-bond donors (Lipinski definition) is 0.